The van der Waals surface area contributed by atoms with Crippen molar-refractivity contribution >= 4 is 11.9 Å². The van der Waals surface area contributed by atoms with Gasteiger partial charge in [-0.25, -0.2) is 4.79 Å². The van der Waals surface area contributed by atoms with Crippen molar-refractivity contribution in [3.8, 4) is 0 Å². The molecule has 0 bridgehead atoms. The summed E-state index contributed by atoms with van der Waals surface area (Å²) in [7, 11) is 1.09. The van der Waals surface area contributed by atoms with Crippen molar-refractivity contribution in [2.24, 2.45) is 0 Å². The first-order valence-electron chi connectivity index (χ1n) is 5.45. The van der Waals surface area contributed by atoms with E-state index in [1.807, 2.05) is 0 Å². The third kappa shape index (κ3) is 4.74. The van der Waals surface area contributed by atoms with Crippen molar-refractivity contribution in [3.05, 3.63) is 46.0 Å². The van der Waals surface area contributed by atoms with Gasteiger partial charge in [0, 0.05) is 4.92 Å². The van der Waals surface area contributed by atoms with Crippen LogP contribution in [0.5, 0.6) is 0 Å². The van der Waals surface area contributed by atoms with E-state index in [9.17, 15) is 19.7 Å². The monoisotopic (exact) mass is 267 g/mol. The molecule has 0 aliphatic heterocycles. The minimum Gasteiger partial charge on any atom is -0.469 e. The summed E-state index contributed by atoms with van der Waals surface area (Å²) in [5, 5.41) is 10.7. The number of benzene rings is 1. The van der Waals surface area contributed by atoms with Gasteiger partial charge in [0.05, 0.1) is 7.11 Å². The Morgan fingerprint density at radius 1 is 1.32 bits per heavy atom. The SMILES string of the molecule is COC(=O)CC(C(=O)OCc1ccccc1)[N+](=O)[O-]. The predicted octanol–water partition coefficient (Wildman–Crippen LogP) is 0.938. The van der Waals surface area contributed by atoms with Gasteiger partial charge in [-0.3, -0.25) is 14.9 Å². The maximum atomic E-state index is 11.5. The van der Waals surface area contributed by atoms with Crippen LogP contribution in [0.1, 0.15) is 12.0 Å². The molecule has 19 heavy (non-hydrogen) atoms. The van der Waals surface area contributed by atoms with Crippen molar-refractivity contribution < 1.29 is 24.0 Å². The zero-order valence-electron chi connectivity index (χ0n) is 10.3. The molecule has 7 heteroatoms. The summed E-state index contributed by atoms with van der Waals surface area (Å²) in [4.78, 5) is 32.4. The number of methoxy groups -OCH3 is 1. The molecule has 0 saturated carbocycles. The zero-order valence-corrected chi connectivity index (χ0v) is 10.3. The molecule has 0 N–H and O–H groups in total. The lowest BCUT2D eigenvalue weighted by atomic mass is 10.2. The van der Waals surface area contributed by atoms with Crippen LogP contribution >= 0.6 is 0 Å². The minimum absolute atomic E-state index is 0.0782. The van der Waals surface area contributed by atoms with Crippen molar-refractivity contribution in [3.63, 3.8) is 0 Å². The highest BCUT2D eigenvalue weighted by molar-refractivity contribution is 5.81. The molecule has 102 valence electrons. The number of nitro groups is 1. The van der Waals surface area contributed by atoms with Gasteiger partial charge < -0.3 is 9.47 Å². The number of carbonyl (C=O) groups excluding carboxylic acids is 2. The highest BCUT2D eigenvalue weighted by atomic mass is 16.6. The fraction of sp³-hybridized carbons (Fsp3) is 0.333. The number of rotatable bonds is 6. The smallest absolute Gasteiger partial charge is 0.382 e. The van der Waals surface area contributed by atoms with E-state index in [0.717, 1.165) is 7.11 Å². The van der Waals surface area contributed by atoms with Gasteiger partial charge in [0.25, 0.3) is 0 Å². The second-order valence-electron chi connectivity index (χ2n) is 3.67. The van der Waals surface area contributed by atoms with Gasteiger partial charge in [-0.2, -0.15) is 0 Å². The molecule has 0 fully saturated rings. The molecule has 0 radical (unpaired) electrons. The lowest BCUT2D eigenvalue weighted by Crippen LogP contribution is -2.33. The molecule has 1 rings (SSSR count). The topological polar surface area (TPSA) is 95.7 Å². The molecule has 1 aromatic rings. The van der Waals surface area contributed by atoms with Gasteiger partial charge in [-0.1, -0.05) is 30.3 Å². The molecule has 7 nitrogen and oxygen atoms in total. The third-order valence-corrected chi connectivity index (χ3v) is 2.34. The summed E-state index contributed by atoms with van der Waals surface area (Å²) in [6, 6.07) is 6.99. The first-order valence-corrected chi connectivity index (χ1v) is 5.45. The van der Waals surface area contributed by atoms with E-state index in [1.165, 1.54) is 0 Å². The Labute approximate surface area is 109 Å². The van der Waals surface area contributed by atoms with E-state index in [-0.39, 0.29) is 6.61 Å². The van der Waals surface area contributed by atoms with Crippen LogP contribution in [0, 0.1) is 10.1 Å². The fourth-order valence-electron chi connectivity index (χ4n) is 1.31. The van der Waals surface area contributed by atoms with Crippen LogP contribution in [0.3, 0.4) is 0 Å². The highest BCUT2D eigenvalue weighted by Crippen LogP contribution is 2.06. The Hall–Kier alpha value is -2.44. The van der Waals surface area contributed by atoms with E-state index in [0.29, 0.717) is 5.56 Å². The molecule has 1 atom stereocenters. The van der Waals surface area contributed by atoms with E-state index in [2.05, 4.69) is 4.74 Å². The quantitative estimate of drug-likeness (QED) is 0.432. The lowest BCUT2D eigenvalue weighted by molar-refractivity contribution is -0.509. The van der Waals surface area contributed by atoms with E-state index < -0.39 is 29.3 Å². The number of ether oxygens (including phenoxy) is 2. The molecule has 1 unspecified atom stereocenters. The van der Waals surface area contributed by atoms with Gasteiger partial charge in [-0.15, -0.1) is 0 Å². The molecule has 0 saturated heterocycles. The van der Waals surface area contributed by atoms with Crippen LogP contribution in [0.4, 0.5) is 0 Å². The summed E-state index contributed by atoms with van der Waals surface area (Å²) in [5.74, 6) is -1.89. The zero-order chi connectivity index (χ0) is 14.3. The van der Waals surface area contributed by atoms with Crippen molar-refractivity contribution in [2.75, 3.05) is 7.11 Å². The molecule has 0 aliphatic carbocycles. The number of hydrogen-bond donors (Lipinski definition) is 0. The fourth-order valence-corrected chi connectivity index (χ4v) is 1.31. The van der Waals surface area contributed by atoms with Crippen LogP contribution in [-0.4, -0.2) is 30.0 Å². The van der Waals surface area contributed by atoms with Crippen LogP contribution in [0.15, 0.2) is 30.3 Å². The van der Waals surface area contributed by atoms with E-state index in [1.54, 1.807) is 30.3 Å². The maximum absolute atomic E-state index is 11.5. The summed E-state index contributed by atoms with van der Waals surface area (Å²) < 4.78 is 9.10. The average Bonchev–Trinajstić information content (AvgIpc) is 2.42. The molecule has 0 amide bonds. The Morgan fingerprint density at radius 2 is 1.95 bits per heavy atom. The molecule has 1 aromatic carbocycles. The summed E-state index contributed by atoms with van der Waals surface area (Å²) >= 11 is 0. The number of nitrogens with zero attached hydrogens (tertiary/aromatic N) is 1. The maximum Gasteiger partial charge on any atom is 0.382 e. The van der Waals surface area contributed by atoms with Gasteiger partial charge in [-0.05, 0) is 5.56 Å². The summed E-state index contributed by atoms with van der Waals surface area (Å²) in [6.45, 7) is -0.0782. The first kappa shape index (κ1) is 14.6. The molecule has 0 aliphatic rings. The molecule has 0 spiro atoms. The van der Waals surface area contributed by atoms with Gasteiger partial charge >= 0.3 is 18.0 Å². The molecular formula is C12H13NO6. The number of esters is 2. The van der Waals surface area contributed by atoms with E-state index >= 15 is 0 Å². The summed E-state index contributed by atoms with van der Waals surface area (Å²) in [5.41, 5.74) is 0.705. The second-order valence-corrected chi connectivity index (χ2v) is 3.67. The highest BCUT2D eigenvalue weighted by Gasteiger charge is 2.34. The van der Waals surface area contributed by atoms with Gasteiger partial charge in [0.15, 0.2) is 0 Å². The molecule has 0 heterocycles. The average molecular weight is 267 g/mol. The molecular weight excluding hydrogens is 254 g/mol. The third-order valence-electron chi connectivity index (χ3n) is 2.34. The molecule has 0 aromatic heterocycles. The van der Waals surface area contributed by atoms with Crippen molar-refractivity contribution in [1.82, 2.24) is 0 Å². The standard InChI is InChI=1S/C12H13NO6/c1-18-11(14)7-10(13(16)17)12(15)19-8-9-5-3-2-4-6-9/h2-6,10H,7-8H2,1H3. The Kier molecular flexibility index (Phi) is 5.46. The number of hydrogen-bond acceptors (Lipinski definition) is 6. The summed E-state index contributed by atoms with van der Waals surface area (Å²) in [6.07, 6.45) is -0.642. The van der Waals surface area contributed by atoms with Crippen molar-refractivity contribution in [1.29, 1.82) is 0 Å². The Balaban J connectivity index is 2.58. The predicted molar refractivity (Wildman–Crippen MR) is 63.7 cm³/mol. The van der Waals surface area contributed by atoms with Gasteiger partial charge in [0.1, 0.15) is 13.0 Å². The lowest BCUT2D eigenvalue weighted by Gasteiger charge is -2.08. The minimum atomic E-state index is -1.74. The van der Waals surface area contributed by atoms with E-state index in [4.69, 9.17) is 4.74 Å². The van der Waals surface area contributed by atoms with Crippen LogP contribution in [-0.2, 0) is 25.7 Å². The Morgan fingerprint density at radius 3 is 2.47 bits per heavy atom. The van der Waals surface area contributed by atoms with Gasteiger partial charge in [0.2, 0.25) is 0 Å². The van der Waals surface area contributed by atoms with Crippen LogP contribution in [0.25, 0.3) is 0 Å². The number of carbonyl (C=O) groups is 2. The second kappa shape index (κ2) is 7.10. The van der Waals surface area contributed by atoms with Crippen LogP contribution in [0.2, 0.25) is 0 Å². The Bertz CT molecular complexity index is 459. The van der Waals surface area contributed by atoms with Crippen LogP contribution < -0.4 is 0 Å². The normalized spacial score (nSPS) is 11.4. The van der Waals surface area contributed by atoms with Crippen molar-refractivity contribution in [2.45, 2.75) is 19.1 Å². The first-order chi connectivity index (χ1) is 9.04. The largest absolute Gasteiger partial charge is 0.469 e.